The van der Waals surface area contributed by atoms with Gasteiger partial charge in [-0.25, -0.2) is 0 Å². The van der Waals surface area contributed by atoms with Crippen molar-refractivity contribution >= 4 is 27.2 Å². The highest BCUT2D eigenvalue weighted by Crippen LogP contribution is 2.30. The Morgan fingerprint density at radius 3 is 1.97 bits per heavy atom. The van der Waals surface area contributed by atoms with Crippen molar-refractivity contribution in [3.63, 3.8) is 0 Å². The van der Waals surface area contributed by atoms with Gasteiger partial charge in [-0.1, -0.05) is 36.4 Å². The molecule has 0 unspecified atom stereocenters. The number of fused-ring (bicyclic) bond motifs is 2. The van der Waals surface area contributed by atoms with Crippen LogP contribution in [0, 0.1) is 0 Å². The molecule has 3 heteroatoms. The zero-order valence-electron chi connectivity index (χ0n) is 17.4. The fraction of sp³-hybridized carbons (Fsp3) is 0.231. The largest absolute Gasteiger partial charge is 0.508 e. The second-order valence-electron chi connectivity index (χ2n) is 6.80. The van der Waals surface area contributed by atoms with Crippen LogP contribution in [0.3, 0.4) is 0 Å². The summed E-state index contributed by atoms with van der Waals surface area (Å²) in [5.74, 6) is 1.06. The van der Waals surface area contributed by atoms with Gasteiger partial charge in [-0.3, -0.25) is 0 Å². The molecule has 0 aliphatic rings. The fourth-order valence-electron chi connectivity index (χ4n) is 3.50. The van der Waals surface area contributed by atoms with Gasteiger partial charge in [0, 0.05) is 24.2 Å². The molecule has 0 aliphatic heterocycles. The first-order chi connectivity index (χ1) is 14.2. The molecular weight excluding hydrogens is 358 g/mol. The van der Waals surface area contributed by atoms with E-state index in [0.29, 0.717) is 6.61 Å². The Bertz CT molecular complexity index is 1050. The Balaban J connectivity index is 0.000000204. The highest BCUT2D eigenvalue weighted by Gasteiger charge is 2.07. The van der Waals surface area contributed by atoms with E-state index >= 15 is 0 Å². The summed E-state index contributed by atoms with van der Waals surface area (Å²) >= 11 is 0. The zero-order chi connectivity index (χ0) is 20.6. The average Bonchev–Trinajstić information content (AvgIpc) is 2.76. The van der Waals surface area contributed by atoms with Crippen LogP contribution in [0.2, 0.25) is 0 Å². The minimum atomic E-state index is 0.267. The molecule has 0 fully saturated rings. The molecule has 0 spiro atoms. The normalized spacial score (nSPS) is 10.4. The molecule has 0 amide bonds. The number of aromatic hydroxyl groups is 1. The van der Waals surface area contributed by atoms with Gasteiger partial charge in [0.05, 0.1) is 6.61 Å². The SMILES string of the molecule is CCN(CC)c1cccc2cc3ccccc3cc12.CCOc1ccc(O)cc1. The molecule has 4 rings (SSSR count). The van der Waals surface area contributed by atoms with Gasteiger partial charge in [0.1, 0.15) is 11.5 Å². The first-order valence-corrected chi connectivity index (χ1v) is 10.2. The molecule has 0 atom stereocenters. The molecule has 4 aromatic rings. The van der Waals surface area contributed by atoms with Gasteiger partial charge in [-0.05, 0) is 79.4 Å². The maximum atomic E-state index is 8.87. The van der Waals surface area contributed by atoms with E-state index in [9.17, 15) is 0 Å². The van der Waals surface area contributed by atoms with Crippen molar-refractivity contribution in [2.24, 2.45) is 0 Å². The van der Waals surface area contributed by atoms with Gasteiger partial charge in [0.2, 0.25) is 0 Å². The lowest BCUT2D eigenvalue weighted by Gasteiger charge is -2.23. The van der Waals surface area contributed by atoms with Gasteiger partial charge < -0.3 is 14.7 Å². The lowest BCUT2D eigenvalue weighted by atomic mass is 10.0. The zero-order valence-corrected chi connectivity index (χ0v) is 17.4. The maximum Gasteiger partial charge on any atom is 0.119 e. The van der Waals surface area contributed by atoms with Crippen molar-refractivity contribution in [2.75, 3.05) is 24.6 Å². The minimum absolute atomic E-state index is 0.267. The van der Waals surface area contributed by atoms with Crippen LogP contribution >= 0.6 is 0 Å². The molecule has 0 saturated carbocycles. The Labute approximate surface area is 173 Å². The third-order valence-corrected chi connectivity index (χ3v) is 4.98. The van der Waals surface area contributed by atoms with Gasteiger partial charge in [0.15, 0.2) is 0 Å². The Kier molecular flexibility index (Phi) is 6.96. The first-order valence-electron chi connectivity index (χ1n) is 10.2. The summed E-state index contributed by atoms with van der Waals surface area (Å²) in [6.07, 6.45) is 0. The van der Waals surface area contributed by atoms with Crippen LogP contribution in [0.4, 0.5) is 5.69 Å². The molecular formula is C26H29NO2. The van der Waals surface area contributed by atoms with E-state index in [1.165, 1.54) is 27.2 Å². The summed E-state index contributed by atoms with van der Waals surface area (Å²) in [6, 6.07) is 26.4. The number of nitrogens with zero attached hydrogens (tertiary/aromatic N) is 1. The quantitative estimate of drug-likeness (QED) is 0.390. The van der Waals surface area contributed by atoms with Crippen molar-refractivity contribution in [1.29, 1.82) is 0 Å². The Morgan fingerprint density at radius 1 is 0.724 bits per heavy atom. The van der Waals surface area contributed by atoms with Crippen LogP contribution in [-0.4, -0.2) is 24.8 Å². The van der Waals surface area contributed by atoms with Gasteiger partial charge in [-0.15, -0.1) is 0 Å². The van der Waals surface area contributed by atoms with Crippen molar-refractivity contribution in [3.05, 3.63) is 78.9 Å². The summed E-state index contributed by atoms with van der Waals surface area (Å²) in [7, 11) is 0. The summed E-state index contributed by atoms with van der Waals surface area (Å²) in [6.45, 7) is 9.09. The van der Waals surface area contributed by atoms with Crippen molar-refractivity contribution in [3.8, 4) is 11.5 Å². The maximum absolute atomic E-state index is 8.87. The third-order valence-electron chi connectivity index (χ3n) is 4.98. The van der Waals surface area contributed by atoms with Crippen LogP contribution in [0.5, 0.6) is 11.5 Å². The second kappa shape index (κ2) is 9.83. The fourth-order valence-corrected chi connectivity index (χ4v) is 3.50. The molecule has 29 heavy (non-hydrogen) atoms. The molecule has 150 valence electrons. The monoisotopic (exact) mass is 387 g/mol. The number of anilines is 1. The number of hydrogen-bond acceptors (Lipinski definition) is 3. The van der Waals surface area contributed by atoms with E-state index in [0.717, 1.165) is 18.8 Å². The average molecular weight is 388 g/mol. The Hall–Kier alpha value is -3.20. The lowest BCUT2D eigenvalue weighted by Crippen LogP contribution is -2.21. The molecule has 4 aromatic carbocycles. The van der Waals surface area contributed by atoms with E-state index in [1.54, 1.807) is 24.3 Å². The number of hydrogen-bond donors (Lipinski definition) is 1. The van der Waals surface area contributed by atoms with Crippen molar-refractivity contribution < 1.29 is 9.84 Å². The number of ether oxygens (including phenoxy) is 1. The molecule has 1 N–H and O–H groups in total. The van der Waals surface area contributed by atoms with Crippen molar-refractivity contribution in [2.45, 2.75) is 20.8 Å². The predicted octanol–water partition coefficient (Wildman–Crippen LogP) is 6.63. The van der Waals surface area contributed by atoms with E-state index < -0.39 is 0 Å². The van der Waals surface area contributed by atoms with E-state index in [-0.39, 0.29) is 5.75 Å². The molecule has 0 aromatic heterocycles. The Morgan fingerprint density at radius 2 is 1.34 bits per heavy atom. The highest BCUT2D eigenvalue weighted by atomic mass is 16.5. The van der Waals surface area contributed by atoms with E-state index in [4.69, 9.17) is 9.84 Å². The second-order valence-corrected chi connectivity index (χ2v) is 6.80. The van der Waals surface area contributed by atoms with E-state index in [1.807, 2.05) is 6.92 Å². The molecule has 0 aliphatic carbocycles. The number of rotatable bonds is 5. The predicted molar refractivity (Wildman–Crippen MR) is 124 cm³/mol. The molecule has 0 bridgehead atoms. The molecule has 3 nitrogen and oxygen atoms in total. The smallest absolute Gasteiger partial charge is 0.119 e. The minimum Gasteiger partial charge on any atom is -0.508 e. The molecule has 0 heterocycles. The first kappa shape index (κ1) is 20.5. The summed E-state index contributed by atoms with van der Waals surface area (Å²) in [4.78, 5) is 2.41. The standard InChI is InChI=1S/C18H19N.C8H10O2/c1-3-19(4-2)18-11-7-10-16-12-14-8-5-6-9-15(14)13-17(16)18;1-2-10-8-5-3-7(9)4-6-8/h5-13H,3-4H2,1-2H3;3-6,9H,2H2,1H3. The van der Waals surface area contributed by atoms with Crippen LogP contribution in [-0.2, 0) is 0 Å². The number of phenolic OH excluding ortho intramolecular Hbond substituents is 1. The highest BCUT2D eigenvalue weighted by molar-refractivity contribution is 6.03. The van der Waals surface area contributed by atoms with Gasteiger partial charge in [0.25, 0.3) is 0 Å². The van der Waals surface area contributed by atoms with Gasteiger partial charge in [-0.2, -0.15) is 0 Å². The van der Waals surface area contributed by atoms with Crippen LogP contribution in [0.15, 0.2) is 78.9 Å². The molecule has 0 radical (unpaired) electrons. The van der Waals surface area contributed by atoms with Crippen LogP contribution in [0.1, 0.15) is 20.8 Å². The third kappa shape index (κ3) is 5.00. The summed E-state index contributed by atoms with van der Waals surface area (Å²) in [5.41, 5.74) is 1.34. The topological polar surface area (TPSA) is 32.7 Å². The number of benzene rings is 4. The summed E-state index contributed by atoms with van der Waals surface area (Å²) in [5, 5.41) is 14.2. The van der Waals surface area contributed by atoms with Crippen LogP contribution in [0.25, 0.3) is 21.5 Å². The summed E-state index contributed by atoms with van der Waals surface area (Å²) < 4.78 is 5.15. The lowest BCUT2D eigenvalue weighted by molar-refractivity contribution is 0.339. The van der Waals surface area contributed by atoms with Crippen LogP contribution < -0.4 is 9.64 Å². The van der Waals surface area contributed by atoms with Gasteiger partial charge >= 0.3 is 0 Å². The molecule has 0 saturated heterocycles. The number of phenols is 1. The van der Waals surface area contributed by atoms with E-state index in [2.05, 4.69) is 73.3 Å². The van der Waals surface area contributed by atoms with Crippen molar-refractivity contribution in [1.82, 2.24) is 0 Å².